The van der Waals surface area contributed by atoms with Crippen LogP contribution in [0.25, 0.3) is 0 Å². The summed E-state index contributed by atoms with van der Waals surface area (Å²) in [6, 6.07) is 15.1. The first-order chi connectivity index (χ1) is 8.18. The van der Waals surface area contributed by atoms with Gasteiger partial charge in [-0.2, -0.15) is 0 Å². The molecule has 2 aromatic rings. The molecule has 0 aromatic heterocycles. The molecule has 0 bridgehead atoms. The molecule has 0 heterocycles. The van der Waals surface area contributed by atoms with Crippen LogP contribution in [0.15, 0.2) is 53.4 Å². The molecule has 17 heavy (non-hydrogen) atoms. The van der Waals surface area contributed by atoms with Crippen molar-refractivity contribution in [2.45, 2.75) is 11.3 Å². The van der Waals surface area contributed by atoms with Crippen LogP contribution in [0.1, 0.15) is 21.5 Å². The predicted octanol–water partition coefficient (Wildman–Crippen LogP) is 3.26. The van der Waals surface area contributed by atoms with E-state index in [1.807, 2.05) is 36.4 Å². The fourth-order valence-electron chi connectivity index (χ4n) is 1.72. The fourth-order valence-corrected chi connectivity index (χ4v) is 2.05. The first-order valence-corrected chi connectivity index (χ1v) is 5.71. The number of carboxylic acid groups (broad SMARTS) is 1. The molecule has 2 aromatic carbocycles. The summed E-state index contributed by atoms with van der Waals surface area (Å²) in [7, 11) is 0. The zero-order valence-corrected chi connectivity index (χ0v) is 10.0. The summed E-state index contributed by atoms with van der Waals surface area (Å²) in [5, 5.41) is 9.01. The van der Waals surface area contributed by atoms with Gasteiger partial charge in [-0.15, -0.1) is 12.6 Å². The average Bonchev–Trinajstić information content (AvgIpc) is 2.33. The van der Waals surface area contributed by atoms with Gasteiger partial charge in [0.2, 0.25) is 0 Å². The molecule has 3 heteroatoms. The van der Waals surface area contributed by atoms with Crippen LogP contribution < -0.4 is 0 Å². The lowest BCUT2D eigenvalue weighted by Gasteiger charge is -2.07. The summed E-state index contributed by atoms with van der Waals surface area (Å²) in [6.45, 7) is 0. The average molecular weight is 244 g/mol. The molecule has 2 nitrogen and oxygen atoms in total. The van der Waals surface area contributed by atoms with Gasteiger partial charge in [-0.1, -0.05) is 42.5 Å². The van der Waals surface area contributed by atoms with Crippen molar-refractivity contribution in [2.24, 2.45) is 0 Å². The number of aromatic carboxylic acids is 1. The number of hydrogen-bond donors (Lipinski definition) is 2. The van der Waals surface area contributed by atoms with E-state index in [9.17, 15) is 4.79 Å². The third-order valence-electron chi connectivity index (χ3n) is 2.59. The molecule has 0 aliphatic rings. The second-order valence-corrected chi connectivity index (χ2v) is 4.23. The monoisotopic (exact) mass is 244 g/mol. The predicted molar refractivity (Wildman–Crippen MR) is 69.9 cm³/mol. The summed E-state index contributed by atoms with van der Waals surface area (Å²) in [5.41, 5.74) is 2.33. The van der Waals surface area contributed by atoms with Crippen molar-refractivity contribution >= 4 is 18.6 Å². The van der Waals surface area contributed by atoms with E-state index in [0.29, 0.717) is 11.3 Å². The smallest absolute Gasteiger partial charge is 0.336 e. The van der Waals surface area contributed by atoms with Crippen LogP contribution in [-0.4, -0.2) is 11.1 Å². The van der Waals surface area contributed by atoms with E-state index in [1.54, 1.807) is 12.1 Å². The van der Waals surface area contributed by atoms with Crippen LogP contribution in [0.3, 0.4) is 0 Å². The number of benzene rings is 2. The van der Waals surface area contributed by atoms with Crippen molar-refractivity contribution in [3.8, 4) is 0 Å². The molecule has 0 saturated carbocycles. The number of rotatable bonds is 3. The molecule has 0 amide bonds. The molecule has 1 N–H and O–H groups in total. The van der Waals surface area contributed by atoms with Gasteiger partial charge in [-0.25, -0.2) is 4.79 Å². The summed E-state index contributed by atoms with van der Waals surface area (Å²) in [5.74, 6) is -0.940. The molecule has 0 unspecified atom stereocenters. The summed E-state index contributed by atoms with van der Waals surface area (Å²) in [4.78, 5) is 11.5. The zero-order valence-electron chi connectivity index (χ0n) is 9.13. The van der Waals surface area contributed by atoms with E-state index in [2.05, 4.69) is 12.6 Å². The van der Waals surface area contributed by atoms with Crippen LogP contribution in [0.2, 0.25) is 0 Å². The maximum atomic E-state index is 11.0. The Hall–Kier alpha value is -1.74. The number of carboxylic acids is 1. The first kappa shape index (κ1) is 11.7. The second-order valence-electron chi connectivity index (χ2n) is 3.78. The molecule has 0 fully saturated rings. The molecular weight excluding hydrogens is 232 g/mol. The van der Waals surface area contributed by atoms with E-state index in [4.69, 9.17) is 5.11 Å². The van der Waals surface area contributed by atoms with Gasteiger partial charge in [0, 0.05) is 4.90 Å². The standard InChI is InChI=1S/C14H12O2S/c15-14(16)12-8-4-7-11(13(12)17)9-10-5-2-1-3-6-10/h1-8,17H,9H2,(H,15,16). The molecule has 0 spiro atoms. The molecular formula is C14H12O2S. The minimum atomic E-state index is -0.940. The Labute approximate surface area is 105 Å². The van der Waals surface area contributed by atoms with E-state index < -0.39 is 5.97 Å². The van der Waals surface area contributed by atoms with E-state index in [-0.39, 0.29) is 5.56 Å². The van der Waals surface area contributed by atoms with Gasteiger partial charge >= 0.3 is 5.97 Å². The zero-order chi connectivity index (χ0) is 12.3. The Balaban J connectivity index is 2.34. The van der Waals surface area contributed by atoms with Crippen molar-refractivity contribution in [1.82, 2.24) is 0 Å². The maximum absolute atomic E-state index is 11.0. The number of carbonyl (C=O) groups is 1. The van der Waals surface area contributed by atoms with Gasteiger partial charge in [-0.05, 0) is 23.6 Å². The molecule has 0 aliphatic carbocycles. The van der Waals surface area contributed by atoms with Crippen LogP contribution in [0.5, 0.6) is 0 Å². The highest BCUT2D eigenvalue weighted by atomic mass is 32.1. The van der Waals surface area contributed by atoms with Crippen molar-refractivity contribution in [1.29, 1.82) is 0 Å². The van der Waals surface area contributed by atoms with Crippen LogP contribution in [0, 0.1) is 0 Å². The fraction of sp³-hybridized carbons (Fsp3) is 0.0714. The minimum Gasteiger partial charge on any atom is -0.478 e. The third-order valence-corrected chi connectivity index (χ3v) is 3.12. The summed E-state index contributed by atoms with van der Waals surface area (Å²) in [6.07, 6.45) is 0.695. The Morgan fingerprint density at radius 2 is 1.76 bits per heavy atom. The lowest BCUT2D eigenvalue weighted by atomic mass is 10.0. The van der Waals surface area contributed by atoms with Gasteiger partial charge in [0.15, 0.2) is 0 Å². The van der Waals surface area contributed by atoms with Crippen LogP contribution in [-0.2, 0) is 6.42 Å². The molecule has 86 valence electrons. The van der Waals surface area contributed by atoms with E-state index >= 15 is 0 Å². The van der Waals surface area contributed by atoms with Crippen molar-refractivity contribution < 1.29 is 9.90 Å². The van der Waals surface area contributed by atoms with Crippen molar-refractivity contribution in [3.05, 3.63) is 65.2 Å². The van der Waals surface area contributed by atoms with Crippen LogP contribution in [0.4, 0.5) is 0 Å². The Morgan fingerprint density at radius 1 is 1.06 bits per heavy atom. The quantitative estimate of drug-likeness (QED) is 0.813. The van der Waals surface area contributed by atoms with Gasteiger partial charge in [0.1, 0.15) is 0 Å². The van der Waals surface area contributed by atoms with E-state index in [1.165, 1.54) is 0 Å². The summed E-state index contributed by atoms with van der Waals surface area (Å²) >= 11 is 4.30. The molecule has 0 radical (unpaired) electrons. The normalized spacial score (nSPS) is 10.2. The highest BCUT2D eigenvalue weighted by Gasteiger charge is 2.10. The Morgan fingerprint density at radius 3 is 2.41 bits per heavy atom. The molecule has 0 saturated heterocycles. The van der Waals surface area contributed by atoms with Gasteiger partial charge < -0.3 is 5.11 Å². The third kappa shape index (κ3) is 2.68. The minimum absolute atomic E-state index is 0.252. The van der Waals surface area contributed by atoms with Crippen LogP contribution >= 0.6 is 12.6 Å². The number of thiol groups is 1. The maximum Gasteiger partial charge on any atom is 0.336 e. The topological polar surface area (TPSA) is 37.3 Å². The van der Waals surface area contributed by atoms with Gasteiger partial charge in [0.25, 0.3) is 0 Å². The highest BCUT2D eigenvalue weighted by molar-refractivity contribution is 7.80. The molecule has 0 aliphatic heterocycles. The highest BCUT2D eigenvalue weighted by Crippen LogP contribution is 2.22. The molecule has 2 rings (SSSR count). The second kappa shape index (κ2) is 5.06. The van der Waals surface area contributed by atoms with Gasteiger partial charge in [0.05, 0.1) is 5.56 Å². The lowest BCUT2D eigenvalue weighted by Crippen LogP contribution is -2.01. The van der Waals surface area contributed by atoms with Crippen molar-refractivity contribution in [3.63, 3.8) is 0 Å². The Bertz CT molecular complexity index is 535. The summed E-state index contributed by atoms with van der Waals surface area (Å²) < 4.78 is 0. The van der Waals surface area contributed by atoms with Gasteiger partial charge in [-0.3, -0.25) is 0 Å². The Kier molecular flexibility index (Phi) is 3.49. The lowest BCUT2D eigenvalue weighted by molar-refractivity contribution is 0.0693. The number of hydrogen-bond acceptors (Lipinski definition) is 2. The molecule has 0 atom stereocenters. The largest absolute Gasteiger partial charge is 0.478 e. The van der Waals surface area contributed by atoms with Crippen molar-refractivity contribution in [2.75, 3.05) is 0 Å². The SMILES string of the molecule is O=C(O)c1cccc(Cc2ccccc2)c1S. The first-order valence-electron chi connectivity index (χ1n) is 5.26. The van der Waals surface area contributed by atoms with E-state index in [0.717, 1.165) is 11.1 Å².